The minimum atomic E-state index is -0.413. The van der Waals surface area contributed by atoms with Gasteiger partial charge in [-0.1, -0.05) is 18.2 Å². The lowest BCUT2D eigenvalue weighted by molar-refractivity contribution is 0.0990. The fraction of sp³-hybridized carbons (Fsp3) is 0.0952. The maximum Gasteiger partial charge on any atom is 0.262 e. The van der Waals surface area contributed by atoms with E-state index in [1.54, 1.807) is 35.4 Å². The van der Waals surface area contributed by atoms with Crippen LogP contribution < -0.4 is 10.2 Å². The normalized spacial score (nSPS) is 15.7. The molecule has 1 aromatic heterocycles. The Kier molecular flexibility index (Phi) is 3.97. The zero-order valence-electron chi connectivity index (χ0n) is 14.2. The van der Waals surface area contributed by atoms with Gasteiger partial charge in [0.25, 0.3) is 5.91 Å². The van der Waals surface area contributed by atoms with Crippen molar-refractivity contribution in [2.24, 2.45) is 0 Å². The highest BCUT2D eigenvalue weighted by Gasteiger charge is 2.38. The second-order valence-corrected chi connectivity index (χ2v) is 6.13. The predicted octanol–water partition coefficient (Wildman–Crippen LogP) is 4.06. The molecule has 2 heterocycles. The van der Waals surface area contributed by atoms with Gasteiger partial charge >= 0.3 is 0 Å². The number of hydrogen-bond donors (Lipinski definition) is 1. The molecule has 0 spiro atoms. The van der Waals surface area contributed by atoms with Gasteiger partial charge in [-0.3, -0.25) is 19.5 Å². The van der Waals surface area contributed by atoms with Gasteiger partial charge in [0.05, 0.1) is 11.3 Å². The SMILES string of the molecule is CC(=O)c1ccc(NC2c3ncccc3C(=O)N2c2ccccc2)cc1. The molecule has 1 aliphatic rings. The summed E-state index contributed by atoms with van der Waals surface area (Å²) in [6.07, 6.45) is 1.28. The van der Waals surface area contributed by atoms with E-state index in [0.717, 1.165) is 11.4 Å². The molecule has 26 heavy (non-hydrogen) atoms. The van der Waals surface area contributed by atoms with E-state index in [0.29, 0.717) is 16.8 Å². The molecular formula is C21H17N3O2. The fourth-order valence-electron chi connectivity index (χ4n) is 3.13. The number of hydrogen-bond acceptors (Lipinski definition) is 4. The molecule has 5 nitrogen and oxygen atoms in total. The zero-order chi connectivity index (χ0) is 18.1. The first-order valence-electron chi connectivity index (χ1n) is 8.36. The Hall–Kier alpha value is -3.47. The van der Waals surface area contributed by atoms with E-state index in [1.807, 2.05) is 42.5 Å². The Balaban J connectivity index is 1.73. The Labute approximate surface area is 151 Å². The molecule has 0 aliphatic carbocycles. The molecule has 1 amide bonds. The standard InChI is InChI=1S/C21H17N3O2/c1-14(25)15-9-11-16(12-10-15)23-20-19-18(8-5-13-22-19)21(26)24(20)17-6-3-2-4-7-17/h2-13,20,23H,1H3. The Bertz CT molecular complexity index is 968. The molecule has 0 saturated carbocycles. The van der Waals surface area contributed by atoms with Crippen LogP contribution in [0.4, 0.5) is 11.4 Å². The van der Waals surface area contributed by atoms with Crippen molar-refractivity contribution in [2.75, 3.05) is 10.2 Å². The smallest absolute Gasteiger partial charge is 0.262 e. The highest BCUT2D eigenvalue weighted by molar-refractivity contribution is 6.11. The summed E-state index contributed by atoms with van der Waals surface area (Å²) in [5, 5.41) is 3.37. The van der Waals surface area contributed by atoms with E-state index >= 15 is 0 Å². The maximum absolute atomic E-state index is 12.9. The van der Waals surface area contributed by atoms with Gasteiger partial charge in [0, 0.05) is 23.1 Å². The van der Waals surface area contributed by atoms with E-state index in [9.17, 15) is 9.59 Å². The minimum Gasteiger partial charge on any atom is -0.360 e. The maximum atomic E-state index is 12.9. The number of carbonyl (C=O) groups is 2. The number of pyridine rings is 1. The molecule has 5 heteroatoms. The molecule has 1 atom stereocenters. The summed E-state index contributed by atoms with van der Waals surface area (Å²) in [7, 11) is 0. The van der Waals surface area contributed by atoms with Crippen LogP contribution in [0.1, 0.15) is 39.5 Å². The second-order valence-electron chi connectivity index (χ2n) is 6.13. The van der Waals surface area contributed by atoms with E-state index in [2.05, 4.69) is 10.3 Å². The average Bonchev–Trinajstić information content (AvgIpc) is 2.95. The molecule has 3 aromatic rings. The fourth-order valence-corrected chi connectivity index (χ4v) is 3.13. The van der Waals surface area contributed by atoms with Crippen molar-refractivity contribution in [3.05, 3.63) is 89.7 Å². The number of aromatic nitrogens is 1. The van der Waals surface area contributed by atoms with E-state index in [1.165, 1.54) is 6.92 Å². The third-order valence-electron chi connectivity index (χ3n) is 4.43. The number of amides is 1. The predicted molar refractivity (Wildman–Crippen MR) is 100 cm³/mol. The van der Waals surface area contributed by atoms with Gasteiger partial charge < -0.3 is 5.32 Å². The second kappa shape index (κ2) is 6.44. The van der Waals surface area contributed by atoms with Gasteiger partial charge in [-0.05, 0) is 55.5 Å². The largest absolute Gasteiger partial charge is 0.360 e. The number of nitrogens with one attached hydrogen (secondary N) is 1. The van der Waals surface area contributed by atoms with Gasteiger partial charge in [0.1, 0.15) is 0 Å². The van der Waals surface area contributed by atoms with Crippen LogP contribution in [0.5, 0.6) is 0 Å². The molecule has 0 radical (unpaired) electrons. The summed E-state index contributed by atoms with van der Waals surface area (Å²) in [4.78, 5) is 30.5. The number of para-hydroxylation sites is 1. The lowest BCUT2D eigenvalue weighted by Crippen LogP contribution is -2.32. The molecule has 0 saturated heterocycles. The number of ketones is 1. The summed E-state index contributed by atoms with van der Waals surface area (Å²) in [5.41, 5.74) is 3.54. The minimum absolute atomic E-state index is 0.0190. The van der Waals surface area contributed by atoms with Crippen LogP contribution in [0.2, 0.25) is 0 Å². The first-order chi connectivity index (χ1) is 12.6. The molecule has 1 N–H and O–H groups in total. The van der Waals surface area contributed by atoms with Gasteiger partial charge in [-0.15, -0.1) is 0 Å². The number of nitrogens with zero attached hydrogens (tertiary/aromatic N) is 2. The quantitative estimate of drug-likeness (QED) is 0.726. The van der Waals surface area contributed by atoms with E-state index < -0.39 is 6.17 Å². The Morgan fingerprint density at radius 2 is 1.73 bits per heavy atom. The summed E-state index contributed by atoms with van der Waals surface area (Å²) in [6, 6.07) is 20.3. The number of benzene rings is 2. The summed E-state index contributed by atoms with van der Waals surface area (Å²) in [5.74, 6) is -0.0670. The Morgan fingerprint density at radius 1 is 1.00 bits per heavy atom. The topological polar surface area (TPSA) is 62.3 Å². The number of carbonyl (C=O) groups excluding carboxylic acids is 2. The van der Waals surface area contributed by atoms with Gasteiger partial charge in [-0.25, -0.2) is 0 Å². The van der Waals surface area contributed by atoms with Crippen molar-refractivity contribution in [2.45, 2.75) is 13.1 Å². The molecule has 4 rings (SSSR count). The third kappa shape index (κ3) is 2.73. The lowest BCUT2D eigenvalue weighted by Gasteiger charge is -2.26. The molecule has 1 aliphatic heterocycles. The summed E-state index contributed by atoms with van der Waals surface area (Å²) < 4.78 is 0. The van der Waals surface area contributed by atoms with Gasteiger partial charge in [0.15, 0.2) is 11.9 Å². The third-order valence-corrected chi connectivity index (χ3v) is 4.43. The number of fused-ring (bicyclic) bond motifs is 1. The summed E-state index contributed by atoms with van der Waals surface area (Å²) in [6.45, 7) is 1.54. The Morgan fingerprint density at radius 3 is 2.42 bits per heavy atom. The van der Waals surface area contributed by atoms with Gasteiger partial charge in [0.2, 0.25) is 0 Å². The van der Waals surface area contributed by atoms with Crippen molar-refractivity contribution in [1.29, 1.82) is 0 Å². The monoisotopic (exact) mass is 343 g/mol. The van der Waals surface area contributed by atoms with Gasteiger partial charge in [-0.2, -0.15) is 0 Å². The first kappa shape index (κ1) is 16.0. The highest BCUT2D eigenvalue weighted by atomic mass is 16.2. The van der Waals surface area contributed by atoms with Crippen molar-refractivity contribution < 1.29 is 9.59 Å². The molecule has 0 fully saturated rings. The van der Waals surface area contributed by atoms with Crippen molar-refractivity contribution in [3.8, 4) is 0 Å². The molecular weight excluding hydrogens is 326 g/mol. The van der Waals surface area contributed by atoms with Crippen molar-refractivity contribution in [3.63, 3.8) is 0 Å². The van der Waals surface area contributed by atoms with Crippen LogP contribution in [-0.2, 0) is 0 Å². The van der Waals surface area contributed by atoms with E-state index in [-0.39, 0.29) is 11.7 Å². The molecule has 1 unspecified atom stereocenters. The van der Waals surface area contributed by atoms with Crippen LogP contribution in [0.15, 0.2) is 72.9 Å². The number of Topliss-reactive ketones (excluding diaryl/α,β-unsaturated/α-hetero) is 1. The zero-order valence-corrected chi connectivity index (χ0v) is 14.2. The van der Waals surface area contributed by atoms with E-state index in [4.69, 9.17) is 0 Å². The van der Waals surface area contributed by atoms with Crippen molar-refractivity contribution >= 4 is 23.1 Å². The number of anilines is 2. The summed E-state index contributed by atoms with van der Waals surface area (Å²) >= 11 is 0. The lowest BCUT2D eigenvalue weighted by atomic mass is 10.1. The van der Waals surface area contributed by atoms with Crippen LogP contribution >= 0.6 is 0 Å². The highest BCUT2D eigenvalue weighted by Crippen LogP contribution is 2.36. The van der Waals surface area contributed by atoms with Crippen LogP contribution in [0, 0.1) is 0 Å². The average molecular weight is 343 g/mol. The molecule has 0 bridgehead atoms. The van der Waals surface area contributed by atoms with Crippen LogP contribution in [0.25, 0.3) is 0 Å². The van der Waals surface area contributed by atoms with Crippen LogP contribution in [0.3, 0.4) is 0 Å². The number of rotatable bonds is 4. The van der Waals surface area contributed by atoms with Crippen LogP contribution in [-0.4, -0.2) is 16.7 Å². The molecule has 128 valence electrons. The molecule has 2 aromatic carbocycles. The first-order valence-corrected chi connectivity index (χ1v) is 8.36. The van der Waals surface area contributed by atoms with Crippen molar-refractivity contribution in [1.82, 2.24) is 4.98 Å².